The predicted octanol–water partition coefficient (Wildman–Crippen LogP) is 3.17. The summed E-state index contributed by atoms with van der Waals surface area (Å²) in [6.07, 6.45) is 1.59. The van der Waals surface area contributed by atoms with E-state index in [1.807, 2.05) is 12.1 Å². The van der Waals surface area contributed by atoms with Gasteiger partial charge in [-0.1, -0.05) is 26.0 Å². The fourth-order valence-corrected chi connectivity index (χ4v) is 2.44. The van der Waals surface area contributed by atoms with E-state index in [0.717, 1.165) is 15.7 Å². The molecule has 0 bridgehead atoms. The molecule has 2 N–H and O–H groups in total. The zero-order valence-electron chi connectivity index (χ0n) is 13.7. The number of rotatable bonds is 6. The van der Waals surface area contributed by atoms with Crippen LogP contribution in [0.1, 0.15) is 25.3 Å². The molecule has 1 aromatic heterocycles. The topological polar surface area (TPSA) is 74.3 Å². The van der Waals surface area contributed by atoms with E-state index in [1.54, 1.807) is 18.3 Å². The maximum absolute atomic E-state index is 11.7. The molecule has 1 aromatic carbocycles. The van der Waals surface area contributed by atoms with Crippen molar-refractivity contribution in [1.82, 2.24) is 9.29 Å². The highest BCUT2D eigenvalue weighted by Crippen LogP contribution is 2.21. The Kier molecular flexibility index (Phi) is 5.23. The predicted molar refractivity (Wildman–Crippen MR) is 94.3 cm³/mol. The van der Waals surface area contributed by atoms with Gasteiger partial charge in [0.25, 0.3) is 0 Å². The Bertz CT molecular complexity index is 739. The number of pyridine rings is 1. The number of nitrogens with zero attached hydrogens (tertiary/aromatic N) is 2. The van der Waals surface area contributed by atoms with Crippen molar-refractivity contribution in [3.8, 4) is 0 Å². The summed E-state index contributed by atoms with van der Waals surface area (Å²) in [6, 6.07) is 11.6. The molecule has 124 valence electrons. The largest absolute Gasteiger partial charge is 0.354 e. The minimum absolute atomic E-state index is 0.277. The van der Waals surface area contributed by atoms with Gasteiger partial charge in [0.05, 0.1) is 11.9 Å². The summed E-state index contributed by atoms with van der Waals surface area (Å²) in [5.74, 6) is 0.772. The molecule has 0 radical (unpaired) electrons. The Morgan fingerprint density at radius 3 is 2.09 bits per heavy atom. The molecular formula is C16H22N4O2S. The van der Waals surface area contributed by atoms with E-state index in [9.17, 15) is 8.42 Å². The summed E-state index contributed by atoms with van der Waals surface area (Å²) in [7, 11) is -0.621. The molecule has 2 rings (SSSR count). The number of hydrogen-bond donors (Lipinski definition) is 2. The lowest BCUT2D eigenvalue weighted by Crippen LogP contribution is -2.29. The zero-order chi connectivity index (χ0) is 17.0. The van der Waals surface area contributed by atoms with Crippen LogP contribution in [-0.2, 0) is 10.2 Å². The van der Waals surface area contributed by atoms with Crippen LogP contribution in [0.3, 0.4) is 0 Å². The first-order valence-corrected chi connectivity index (χ1v) is 8.75. The average Bonchev–Trinajstić information content (AvgIpc) is 2.49. The van der Waals surface area contributed by atoms with E-state index in [4.69, 9.17) is 0 Å². The van der Waals surface area contributed by atoms with Gasteiger partial charge in [-0.3, -0.25) is 4.72 Å². The number of hydrogen-bond acceptors (Lipinski definition) is 4. The summed E-state index contributed by atoms with van der Waals surface area (Å²) in [6.45, 7) is 4.31. The third-order valence-corrected chi connectivity index (χ3v) is 4.77. The SMILES string of the molecule is CC(C)c1ccc(Nc2ccc(NS(=O)(=O)N(C)C)nc2)cc1. The quantitative estimate of drug-likeness (QED) is 0.851. The molecule has 23 heavy (non-hydrogen) atoms. The van der Waals surface area contributed by atoms with Crippen molar-refractivity contribution < 1.29 is 8.42 Å². The number of benzene rings is 1. The first kappa shape index (κ1) is 17.2. The fraction of sp³-hybridized carbons (Fsp3) is 0.312. The van der Waals surface area contributed by atoms with Gasteiger partial charge in [0.1, 0.15) is 5.82 Å². The number of nitrogens with one attached hydrogen (secondary N) is 2. The van der Waals surface area contributed by atoms with Crippen LogP contribution in [-0.4, -0.2) is 31.8 Å². The van der Waals surface area contributed by atoms with Gasteiger partial charge >= 0.3 is 10.2 Å². The summed E-state index contributed by atoms with van der Waals surface area (Å²) in [5.41, 5.74) is 3.02. The first-order valence-electron chi connectivity index (χ1n) is 7.31. The smallest absolute Gasteiger partial charge is 0.302 e. The van der Waals surface area contributed by atoms with E-state index >= 15 is 0 Å². The highest BCUT2D eigenvalue weighted by molar-refractivity contribution is 7.90. The van der Waals surface area contributed by atoms with Gasteiger partial charge < -0.3 is 5.32 Å². The molecule has 0 atom stereocenters. The van der Waals surface area contributed by atoms with Crippen molar-refractivity contribution in [1.29, 1.82) is 0 Å². The van der Waals surface area contributed by atoms with E-state index in [0.29, 0.717) is 5.92 Å². The second kappa shape index (κ2) is 6.97. The highest BCUT2D eigenvalue weighted by atomic mass is 32.2. The van der Waals surface area contributed by atoms with E-state index < -0.39 is 10.2 Å². The molecule has 6 nitrogen and oxygen atoms in total. The van der Waals surface area contributed by atoms with Crippen molar-refractivity contribution >= 4 is 27.4 Å². The maximum Gasteiger partial charge on any atom is 0.302 e. The molecule has 1 heterocycles. The molecule has 0 saturated carbocycles. The molecule has 0 unspecified atom stereocenters. The van der Waals surface area contributed by atoms with Crippen LogP contribution >= 0.6 is 0 Å². The fourth-order valence-electron chi connectivity index (χ4n) is 1.87. The molecular weight excluding hydrogens is 312 g/mol. The van der Waals surface area contributed by atoms with Crippen LogP contribution in [0.5, 0.6) is 0 Å². The van der Waals surface area contributed by atoms with Crippen LogP contribution in [0.25, 0.3) is 0 Å². The van der Waals surface area contributed by atoms with Gasteiger partial charge in [-0.25, -0.2) is 4.98 Å². The lowest BCUT2D eigenvalue weighted by atomic mass is 10.0. The van der Waals surface area contributed by atoms with Gasteiger partial charge in [-0.15, -0.1) is 0 Å². The van der Waals surface area contributed by atoms with E-state index in [-0.39, 0.29) is 5.82 Å². The minimum atomic E-state index is -3.54. The Labute approximate surface area is 137 Å². The van der Waals surface area contributed by atoms with Gasteiger partial charge in [-0.05, 0) is 35.7 Å². The Hall–Kier alpha value is -2.12. The summed E-state index contributed by atoms with van der Waals surface area (Å²) in [4.78, 5) is 4.11. The molecule has 0 spiro atoms. The summed E-state index contributed by atoms with van der Waals surface area (Å²) >= 11 is 0. The molecule has 0 amide bonds. The molecule has 0 aliphatic carbocycles. The normalized spacial score (nSPS) is 11.7. The van der Waals surface area contributed by atoms with Gasteiger partial charge in [-0.2, -0.15) is 12.7 Å². The molecule has 0 aliphatic rings. The molecule has 0 aliphatic heterocycles. The zero-order valence-corrected chi connectivity index (χ0v) is 14.6. The van der Waals surface area contributed by atoms with Crippen LogP contribution in [0.15, 0.2) is 42.6 Å². The summed E-state index contributed by atoms with van der Waals surface area (Å²) < 4.78 is 26.9. The van der Waals surface area contributed by atoms with Crippen LogP contribution in [0.4, 0.5) is 17.2 Å². The summed E-state index contributed by atoms with van der Waals surface area (Å²) in [5, 5.41) is 3.23. The van der Waals surface area contributed by atoms with Crippen molar-refractivity contribution in [3.05, 3.63) is 48.2 Å². The third kappa shape index (κ3) is 4.67. The Morgan fingerprint density at radius 2 is 1.61 bits per heavy atom. The van der Waals surface area contributed by atoms with Gasteiger partial charge in [0.2, 0.25) is 0 Å². The minimum Gasteiger partial charge on any atom is -0.354 e. The lowest BCUT2D eigenvalue weighted by molar-refractivity contribution is 0.526. The second-order valence-corrected chi connectivity index (χ2v) is 7.61. The Balaban J connectivity index is 2.05. The first-order chi connectivity index (χ1) is 10.8. The Morgan fingerprint density at radius 1 is 1.00 bits per heavy atom. The number of aromatic nitrogens is 1. The second-order valence-electron chi connectivity index (χ2n) is 5.72. The van der Waals surface area contributed by atoms with Gasteiger partial charge in [0.15, 0.2) is 0 Å². The standard InChI is InChI=1S/C16H22N4O2S/c1-12(2)13-5-7-14(8-6-13)18-15-9-10-16(17-11-15)19-23(21,22)20(3)4/h5-12,18H,1-4H3,(H,17,19). The monoisotopic (exact) mass is 334 g/mol. The third-order valence-electron chi connectivity index (χ3n) is 3.34. The molecule has 7 heteroatoms. The maximum atomic E-state index is 11.7. The van der Waals surface area contributed by atoms with Crippen molar-refractivity contribution in [3.63, 3.8) is 0 Å². The van der Waals surface area contributed by atoms with Crippen LogP contribution in [0, 0.1) is 0 Å². The van der Waals surface area contributed by atoms with Crippen molar-refractivity contribution in [2.24, 2.45) is 0 Å². The van der Waals surface area contributed by atoms with Crippen LogP contribution in [0.2, 0.25) is 0 Å². The van der Waals surface area contributed by atoms with Crippen molar-refractivity contribution in [2.75, 3.05) is 24.1 Å². The highest BCUT2D eigenvalue weighted by Gasteiger charge is 2.13. The molecule has 0 saturated heterocycles. The van der Waals surface area contributed by atoms with Crippen LogP contribution < -0.4 is 10.0 Å². The van der Waals surface area contributed by atoms with Crippen molar-refractivity contribution in [2.45, 2.75) is 19.8 Å². The van der Waals surface area contributed by atoms with E-state index in [1.165, 1.54) is 19.7 Å². The number of anilines is 3. The molecule has 2 aromatic rings. The average molecular weight is 334 g/mol. The lowest BCUT2D eigenvalue weighted by Gasteiger charge is -2.13. The molecule has 0 fully saturated rings. The van der Waals surface area contributed by atoms with E-state index in [2.05, 4.69) is 41.0 Å². The van der Waals surface area contributed by atoms with Gasteiger partial charge in [0, 0.05) is 19.8 Å².